The Bertz CT molecular complexity index is 1230. The molecule has 0 aromatic heterocycles. The summed E-state index contributed by atoms with van der Waals surface area (Å²) >= 11 is 0. The van der Waals surface area contributed by atoms with Crippen LogP contribution >= 0.6 is 0 Å². The molecule has 0 rings (SSSR count). The van der Waals surface area contributed by atoms with Crippen molar-refractivity contribution in [3.8, 4) is 0 Å². The van der Waals surface area contributed by atoms with E-state index in [9.17, 15) is 14.4 Å². The molecule has 0 radical (unpaired) electrons. The minimum absolute atomic E-state index is 0.0751. The van der Waals surface area contributed by atoms with Gasteiger partial charge in [-0.05, 0) is 77.0 Å². The minimum Gasteiger partial charge on any atom is -0.462 e. The summed E-state index contributed by atoms with van der Waals surface area (Å²) in [5.41, 5.74) is 0. The molecule has 0 heterocycles. The fourth-order valence-corrected chi connectivity index (χ4v) is 9.16. The van der Waals surface area contributed by atoms with Gasteiger partial charge in [0, 0.05) is 19.3 Å². The largest absolute Gasteiger partial charge is 0.462 e. The normalized spacial score (nSPS) is 12.3. The van der Waals surface area contributed by atoms with Gasteiger partial charge in [-0.2, -0.15) is 0 Å². The zero-order valence-electron chi connectivity index (χ0n) is 47.5. The first kappa shape index (κ1) is 68.4. The monoisotopic (exact) mass is 995 g/mol. The van der Waals surface area contributed by atoms with Crippen LogP contribution in [0.4, 0.5) is 0 Å². The molecule has 1 atom stereocenters. The highest BCUT2D eigenvalue weighted by Gasteiger charge is 2.19. The van der Waals surface area contributed by atoms with Crippen molar-refractivity contribution in [3.63, 3.8) is 0 Å². The Hall–Kier alpha value is -2.63. The molecular weight excluding hydrogens is 877 g/mol. The summed E-state index contributed by atoms with van der Waals surface area (Å²) in [5.74, 6) is -0.868. The van der Waals surface area contributed by atoms with E-state index in [4.69, 9.17) is 14.2 Å². The molecule has 414 valence electrons. The summed E-state index contributed by atoms with van der Waals surface area (Å²) in [4.78, 5) is 38.3. The highest BCUT2D eigenvalue weighted by molar-refractivity contribution is 5.71. The summed E-state index contributed by atoms with van der Waals surface area (Å²) in [6.07, 6.45) is 73.9. The lowest BCUT2D eigenvalue weighted by Crippen LogP contribution is -2.30. The van der Waals surface area contributed by atoms with Crippen LogP contribution in [-0.4, -0.2) is 37.2 Å². The smallest absolute Gasteiger partial charge is 0.306 e. The molecule has 0 fully saturated rings. The number of carbonyl (C=O) groups is 3. The van der Waals surface area contributed by atoms with Gasteiger partial charge in [-0.1, -0.05) is 281 Å². The fraction of sp³-hybridized carbons (Fsp3) is 0.831. The van der Waals surface area contributed by atoms with E-state index in [1.165, 1.54) is 205 Å². The summed E-state index contributed by atoms with van der Waals surface area (Å²) in [6, 6.07) is 0. The standard InChI is InChI=1S/C65H118O6/c1-4-7-10-13-16-19-22-25-28-31-33-35-37-40-43-46-49-52-55-58-64(67)70-61-62(60-69-63(66)57-54-51-48-45-42-39-36-30-27-24-21-18-15-12-9-6-3)71-65(68)59-56-53-50-47-44-41-38-34-32-29-26-23-20-17-14-11-8-5-2/h7,10,16,19,25,28,30,36,62H,4-6,8-9,11-15,17-18,20-24,26-27,29,31-35,37-61H2,1-3H3/b10-7-,19-16-,28-25-,36-30-. The van der Waals surface area contributed by atoms with Crippen LogP contribution in [0.3, 0.4) is 0 Å². The van der Waals surface area contributed by atoms with E-state index in [1.54, 1.807) is 0 Å². The second kappa shape index (κ2) is 59.9. The highest BCUT2D eigenvalue weighted by atomic mass is 16.6. The van der Waals surface area contributed by atoms with Gasteiger partial charge in [0.05, 0.1) is 0 Å². The third-order valence-corrected chi connectivity index (χ3v) is 13.8. The molecule has 0 aromatic rings. The Morgan fingerprint density at radius 1 is 0.296 bits per heavy atom. The molecule has 0 bridgehead atoms. The van der Waals surface area contributed by atoms with Crippen molar-refractivity contribution in [2.24, 2.45) is 0 Å². The third kappa shape index (κ3) is 58.1. The summed E-state index contributed by atoms with van der Waals surface area (Å²) in [7, 11) is 0. The van der Waals surface area contributed by atoms with Crippen LogP contribution in [0.5, 0.6) is 0 Å². The van der Waals surface area contributed by atoms with Gasteiger partial charge < -0.3 is 14.2 Å². The van der Waals surface area contributed by atoms with Gasteiger partial charge >= 0.3 is 17.9 Å². The Labute approximate surface area is 441 Å². The molecule has 0 amide bonds. The SMILES string of the molecule is CC/C=C\C/C=C\C/C=C\CCCCCCCCCCCC(=O)OCC(COC(=O)CCCCCCC/C=C\CCCCCCCCC)OC(=O)CCCCCCCCCCCCCCCCCCCC. The second-order valence-corrected chi connectivity index (χ2v) is 20.9. The van der Waals surface area contributed by atoms with Crippen LogP contribution in [-0.2, 0) is 28.6 Å². The Morgan fingerprint density at radius 3 is 0.873 bits per heavy atom. The van der Waals surface area contributed by atoms with E-state index in [0.717, 1.165) is 83.5 Å². The van der Waals surface area contributed by atoms with Crippen molar-refractivity contribution in [2.75, 3.05) is 13.2 Å². The van der Waals surface area contributed by atoms with Gasteiger partial charge in [0.2, 0.25) is 0 Å². The Balaban J connectivity index is 4.35. The van der Waals surface area contributed by atoms with E-state index in [-0.39, 0.29) is 31.1 Å². The van der Waals surface area contributed by atoms with E-state index in [0.29, 0.717) is 19.3 Å². The number of allylic oxidation sites excluding steroid dienone is 8. The molecule has 1 unspecified atom stereocenters. The first-order valence-electron chi connectivity index (χ1n) is 31.1. The van der Waals surface area contributed by atoms with E-state index < -0.39 is 6.10 Å². The maximum atomic E-state index is 12.9. The summed E-state index contributed by atoms with van der Waals surface area (Å²) < 4.78 is 16.9. The molecule has 0 N–H and O–H groups in total. The summed E-state index contributed by atoms with van der Waals surface area (Å²) in [5, 5.41) is 0. The van der Waals surface area contributed by atoms with Crippen molar-refractivity contribution in [1.82, 2.24) is 0 Å². The van der Waals surface area contributed by atoms with Gasteiger partial charge in [-0.25, -0.2) is 0 Å². The van der Waals surface area contributed by atoms with Crippen molar-refractivity contribution < 1.29 is 28.6 Å². The predicted molar refractivity (Wildman–Crippen MR) is 307 cm³/mol. The number of rotatable bonds is 57. The van der Waals surface area contributed by atoms with Crippen LogP contribution in [0.2, 0.25) is 0 Å². The molecule has 0 aliphatic heterocycles. The maximum absolute atomic E-state index is 12.9. The minimum atomic E-state index is -0.777. The highest BCUT2D eigenvalue weighted by Crippen LogP contribution is 2.17. The zero-order chi connectivity index (χ0) is 51.4. The molecule has 71 heavy (non-hydrogen) atoms. The van der Waals surface area contributed by atoms with E-state index in [1.807, 2.05) is 0 Å². The van der Waals surface area contributed by atoms with Crippen molar-refractivity contribution in [2.45, 2.75) is 335 Å². The molecule has 0 saturated carbocycles. The van der Waals surface area contributed by atoms with Crippen LogP contribution in [0.15, 0.2) is 48.6 Å². The van der Waals surface area contributed by atoms with Crippen LogP contribution in [0, 0.1) is 0 Å². The Kier molecular flexibility index (Phi) is 57.7. The van der Waals surface area contributed by atoms with E-state index in [2.05, 4.69) is 69.4 Å². The van der Waals surface area contributed by atoms with Gasteiger partial charge in [0.25, 0.3) is 0 Å². The van der Waals surface area contributed by atoms with Gasteiger partial charge in [-0.15, -0.1) is 0 Å². The molecule has 0 spiro atoms. The van der Waals surface area contributed by atoms with Gasteiger partial charge in [-0.3, -0.25) is 14.4 Å². The lowest BCUT2D eigenvalue weighted by Gasteiger charge is -2.18. The number of hydrogen-bond acceptors (Lipinski definition) is 6. The third-order valence-electron chi connectivity index (χ3n) is 13.8. The quantitative estimate of drug-likeness (QED) is 0.0261. The second-order valence-electron chi connectivity index (χ2n) is 20.9. The van der Waals surface area contributed by atoms with Crippen molar-refractivity contribution in [1.29, 1.82) is 0 Å². The van der Waals surface area contributed by atoms with Crippen LogP contribution in [0.25, 0.3) is 0 Å². The maximum Gasteiger partial charge on any atom is 0.306 e. The lowest BCUT2D eigenvalue weighted by atomic mass is 10.0. The molecule has 0 aliphatic rings. The molecule has 0 aromatic carbocycles. The van der Waals surface area contributed by atoms with Gasteiger partial charge in [0.15, 0.2) is 6.10 Å². The van der Waals surface area contributed by atoms with Crippen LogP contribution in [0.1, 0.15) is 329 Å². The Morgan fingerprint density at radius 2 is 0.549 bits per heavy atom. The number of hydrogen-bond donors (Lipinski definition) is 0. The summed E-state index contributed by atoms with van der Waals surface area (Å²) in [6.45, 7) is 6.57. The number of ether oxygens (including phenoxy) is 3. The average molecular weight is 996 g/mol. The van der Waals surface area contributed by atoms with Gasteiger partial charge in [0.1, 0.15) is 13.2 Å². The molecule has 6 nitrogen and oxygen atoms in total. The fourth-order valence-electron chi connectivity index (χ4n) is 9.16. The molecular formula is C65H118O6. The molecule has 0 aliphatic carbocycles. The number of unbranched alkanes of at least 4 members (excludes halogenated alkanes) is 38. The number of esters is 3. The average Bonchev–Trinajstić information content (AvgIpc) is 3.37. The van der Waals surface area contributed by atoms with Crippen molar-refractivity contribution >= 4 is 17.9 Å². The number of carbonyl (C=O) groups excluding carboxylic acids is 3. The topological polar surface area (TPSA) is 78.9 Å². The first-order chi connectivity index (χ1) is 35.0. The first-order valence-corrected chi connectivity index (χ1v) is 31.1. The molecule has 6 heteroatoms. The van der Waals surface area contributed by atoms with E-state index >= 15 is 0 Å². The van der Waals surface area contributed by atoms with Crippen molar-refractivity contribution in [3.05, 3.63) is 48.6 Å². The molecule has 0 saturated heterocycles. The van der Waals surface area contributed by atoms with Crippen LogP contribution < -0.4 is 0 Å². The predicted octanol–water partition coefficient (Wildman–Crippen LogP) is 21.0. The lowest BCUT2D eigenvalue weighted by molar-refractivity contribution is -0.167. The zero-order valence-corrected chi connectivity index (χ0v) is 47.5.